The molecule has 0 aromatic heterocycles. The molecule has 2 rings (SSSR count). The summed E-state index contributed by atoms with van der Waals surface area (Å²) in [7, 11) is -4.59. The van der Waals surface area contributed by atoms with Gasteiger partial charge < -0.3 is 9.84 Å². The zero-order valence-electron chi connectivity index (χ0n) is 18.1. The summed E-state index contributed by atoms with van der Waals surface area (Å²) in [5.41, 5.74) is 0.101. The minimum atomic E-state index is -4.59. The fourth-order valence-electron chi connectivity index (χ4n) is 3.42. The van der Waals surface area contributed by atoms with E-state index < -0.39 is 20.8 Å². The van der Waals surface area contributed by atoms with Crippen LogP contribution >= 0.6 is 0 Å². The van der Waals surface area contributed by atoms with Crippen LogP contribution < -0.4 is 61.2 Å². The van der Waals surface area contributed by atoms with Crippen LogP contribution in [0.15, 0.2) is 47.4 Å². The molecule has 0 radical (unpaired) electrons. The van der Waals surface area contributed by atoms with Gasteiger partial charge in [-0.3, -0.25) is 4.55 Å². The Balaban J connectivity index is 0.00000450. The first-order valence-electron chi connectivity index (χ1n) is 10.5. The van der Waals surface area contributed by atoms with Crippen LogP contribution in [-0.4, -0.2) is 13.0 Å². The predicted octanol–water partition coefficient (Wildman–Crippen LogP) is 2.88. The summed E-state index contributed by atoms with van der Waals surface area (Å²) in [4.78, 5) is -0.409. The number of benzene rings is 2. The van der Waals surface area contributed by atoms with Gasteiger partial charge in [0.25, 0.3) is 10.1 Å². The van der Waals surface area contributed by atoms with Crippen molar-refractivity contribution in [2.24, 2.45) is 0 Å². The van der Waals surface area contributed by atoms with Crippen molar-refractivity contribution in [1.82, 2.24) is 0 Å². The maximum absolute atomic E-state index is 12.3. The van der Waals surface area contributed by atoms with E-state index in [1.807, 2.05) is 6.07 Å². The molecule has 0 aliphatic heterocycles. The molecule has 0 saturated carbocycles. The molecule has 160 valence electrons. The first kappa shape index (κ1) is 27.6. The standard InChI is InChI=1S/C23H32O5S.K/c1-2-3-4-5-6-7-8-9-13-16-20-21(24)17-18-22(23(20)29(25,26)27)28-19-14-11-10-12-15-19;/h10-12,14-15,17-18,24H,2-9,13,16H2,1H3,(H,25,26,27);/q;+1/p-1. The van der Waals surface area contributed by atoms with Crippen molar-refractivity contribution < 1.29 is 74.2 Å². The molecular weight excluding hydrogens is 427 g/mol. The summed E-state index contributed by atoms with van der Waals surface area (Å²) < 4.78 is 39.4. The largest absolute Gasteiger partial charge is 1.00 e. The zero-order valence-corrected chi connectivity index (χ0v) is 22.0. The minimum absolute atomic E-state index is 0. The van der Waals surface area contributed by atoms with Crippen LogP contribution in [0, 0.1) is 0 Å². The fraction of sp³-hybridized carbons (Fsp3) is 0.478. The van der Waals surface area contributed by atoms with E-state index in [-0.39, 0.29) is 62.7 Å². The molecule has 0 unspecified atom stereocenters. The second kappa shape index (κ2) is 14.6. The number of unbranched alkanes of at least 4 members (excludes halogenated alkanes) is 8. The third-order valence-electron chi connectivity index (χ3n) is 4.94. The average Bonchev–Trinajstić information content (AvgIpc) is 2.68. The summed E-state index contributed by atoms with van der Waals surface area (Å²) in [6.45, 7) is 2.20. The van der Waals surface area contributed by atoms with Gasteiger partial charge in [-0.1, -0.05) is 82.6 Å². The molecule has 0 aliphatic rings. The fourth-order valence-corrected chi connectivity index (χ4v) is 4.29. The van der Waals surface area contributed by atoms with E-state index in [0.717, 1.165) is 19.3 Å². The Morgan fingerprint density at radius 2 is 1.43 bits per heavy atom. The Labute approximate surface area is 223 Å². The molecule has 2 aromatic rings. The van der Waals surface area contributed by atoms with Gasteiger partial charge in [0.1, 0.15) is 16.4 Å². The maximum Gasteiger partial charge on any atom is 1.00 e. The van der Waals surface area contributed by atoms with Gasteiger partial charge in [0.15, 0.2) is 0 Å². The molecule has 30 heavy (non-hydrogen) atoms. The van der Waals surface area contributed by atoms with Crippen molar-refractivity contribution in [2.45, 2.75) is 76.0 Å². The van der Waals surface area contributed by atoms with Gasteiger partial charge in [0.2, 0.25) is 0 Å². The molecule has 0 bridgehead atoms. The molecule has 0 spiro atoms. The maximum atomic E-state index is 12.3. The first-order chi connectivity index (χ1) is 13.9. The zero-order chi connectivity index (χ0) is 21.1. The van der Waals surface area contributed by atoms with Gasteiger partial charge in [-0.2, -0.15) is 8.42 Å². The Bertz CT molecular complexity index is 853. The third kappa shape index (κ3) is 9.38. The second-order valence-corrected chi connectivity index (χ2v) is 8.70. The number of hydrogen-bond donors (Lipinski definition) is 1. The summed E-state index contributed by atoms with van der Waals surface area (Å²) in [5, 5.41) is 12.3. The number of ether oxygens (including phenoxy) is 1. The van der Waals surface area contributed by atoms with E-state index in [0.29, 0.717) is 18.6 Å². The quantitative estimate of drug-likeness (QED) is 0.283. The monoisotopic (exact) mass is 458 g/mol. The van der Waals surface area contributed by atoms with Crippen LogP contribution in [0.1, 0.15) is 70.3 Å². The van der Waals surface area contributed by atoms with Crippen molar-refractivity contribution in [3.05, 3.63) is 48.0 Å². The van der Waals surface area contributed by atoms with Crippen LogP contribution in [0.3, 0.4) is 0 Å². The molecular formula is C23H31KO5S. The van der Waals surface area contributed by atoms with Gasteiger partial charge in [-0.25, -0.2) is 0 Å². The van der Waals surface area contributed by atoms with Crippen molar-refractivity contribution in [3.63, 3.8) is 0 Å². The first-order valence-corrected chi connectivity index (χ1v) is 11.9. The normalized spacial score (nSPS) is 11.1. The van der Waals surface area contributed by atoms with Gasteiger partial charge in [0.05, 0.1) is 0 Å². The third-order valence-corrected chi connectivity index (χ3v) is 5.90. The molecule has 0 atom stereocenters. The summed E-state index contributed by atoms with van der Waals surface area (Å²) in [5.74, 6) is 0.0203. The van der Waals surface area contributed by atoms with E-state index >= 15 is 0 Å². The van der Waals surface area contributed by atoms with Crippen molar-refractivity contribution in [3.8, 4) is 17.2 Å². The van der Waals surface area contributed by atoms with Crippen LogP contribution in [0.5, 0.6) is 17.2 Å². The number of hydrogen-bond acceptors (Lipinski definition) is 4. The van der Waals surface area contributed by atoms with E-state index in [9.17, 15) is 18.1 Å². The molecule has 1 N–H and O–H groups in total. The van der Waals surface area contributed by atoms with E-state index in [1.165, 1.54) is 44.2 Å². The average molecular weight is 459 g/mol. The summed E-state index contributed by atoms with van der Waals surface area (Å²) >= 11 is 0. The van der Waals surface area contributed by atoms with Crippen molar-refractivity contribution in [1.29, 1.82) is 0 Å². The topological polar surface area (TPSA) is 86.7 Å². The van der Waals surface area contributed by atoms with Gasteiger partial charge in [-0.05, 0) is 36.6 Å². The van der Waals surface area contributed by atoms with Gasteiger partial charge in [0, 0.05) is 0 Å². The number of para-hydroxylation sites is 1. The molecule has 0 aliphatic carbocycles. The molecule has 0 fully saturated rings. The smallest absolute Gasteiger partial charge is 0.872 e. The van der Waals surface area contributed by atoms with Gasteiger partial charge in [-0.15, -0.1) is 5.75 Å². The van der Waals surface area contributed by atoms with Crippen molar-refractivity contribution in [2.75, 3.05) is 0 Å². The Hall–Kier alpha value is -0.414. The van der Waals surface area contributed by atoms with Crippen LogP contribution in [0.25, 0.3) is 0 Å². The molecule has 5 nitrogen and oxygen atoms in total. The van der Waals surface area contributed by atoms with E-state index in [1.54, 1.807) is 24.3 Å². The van der Waals surface area contributed by atoms with Crippen molar-refractivity contribution >= 4 is 10.1 Å². The van der Waals surface area contributed by atoms with Crippen LogP contribution in [0.2, 0.25) is 0 Å². The van der Waals surface area contributed by atoms with Crippen LogP contribution in [0.4, 0.5) is 0 Å². The molecule has 0 saturated heterocycles. The Kier molecular flexibility index (Phi) is 13.5. The summed E-state index contributed by atoms with van der Waals surface area (Å²) in [6.07, 6.45) is 10.4. The summed E-state index contributed by atoms with van der Waals surface area (Å²) in [6, 6.07) is 11.3. The second-order valence-electron chi connectivity index (χ2n) is 7.34. The molecule has 0 heterocycles. The van der Waals surface area contributed by atoms with E-state index in [4.69, 9.17) is 4.74 Å². The van der Waals surface area contributed by atoms with E-state index in [2.05, 4.69) is 6.92 Å². The van der Waals surface area contributed by atoms with Crippen LogP contribution in [-0.2, 0) is 16.5 Å². The predicted molar refractivity (Wildman–Crippen MR) is 113 cm³/mol. The SMILES string of the molecule is CCCCCCCCCCCc1c([O-])ccc(Oc2ccccc2)c1S(=O)(=O)O.[K+]. The Morgan fingerprint density at radius 3 is 2.00 bits per heavy atom. The molecule has 7 heteroatoms. The Morgan fingerprint density at radius 1 is 0.867 bits per heavy atom. The minimum Gasteiger partial charge on any atom is -0.872 e. The number of rotatable bonds is 13. The molecule has 2 aromatic carbocycles. The van der Waals surface area contributed by atoms with Gasteiger partial charge >= 0.3 is 51.4 Å². The molecule has 0 amide bonds.